The van der Waals surface area contributed by atoms with Crippen molar-refractivity contribution in [2.75, 3.05) is 33.0 Å². The lowest BCUT2D eigenvalue weighted by Crippen LogP contribution is -1.95. The first-order chi connectivity index (χ1) is 21.3. The van der Waals surface area contributed by atoms with Crippen molar-refractivity contribution in [3.8, 4) is 0 Å². The minimum absolute atomic E-state index is 0.125. The zero-order chi connectivity index (χ0) is 40.0. The largest absolute Gasteiger partial charge is 0.466 e. The van der Waals surface area contributed by atoms with Gasteiger partial charge in [0.25, 0.3) is 0 Å². The summed E-state index contributed by atoms with van der Waals surface area (Å²) < 4.78 is 17.6. The Bertz CT molecular complexity index is 660. The van der Waals surface area contributed by atoms with Crippen molar-refractivity contribution in [2.24, 2.45) is 0 Å². The molecular formula is C33H66O14. The van der Waals surface area contributed by atoms with Crippen molar-refractivity contribution < 1.29 is 67.2 Å². The maximum absolute atomic E-state index is 10.1. The molecule has 0 atom stereocenters. The predicted octanol–water partition coefficient (Wildman–Crippen LogP) is 5.01. The van der Waals surface area contributed by atoms with Gasteiger partial charge in [0.05, 0.1) is 26.4 Å². The van der Waals surface area contributed by atoms with Gasteiger partial charge in [0.2, 0.25) is 0 Å². The highest BCUT2D eigenvalue weighted by Gasteiger charge is 1.88. The highest BCUT2D eigenvalue weighted by Crippen LogP contribution is 1.85. The summed E-state index contributed by atoms with van der Waals surface area (Å²) in [7, 11) is 0. The van der Waals surface area contributed by atoms with Gasteiger partial charge in [-0.05, 0) is 96.4 Å². The summed E-state index contributed by atoms with van der Waals surface area (Å²) in [6.45, 7) is 28.5. The fourth-order valence-corrected chi connectivity index (χ4v) is 1.14. The van der Waals surface area contributed by atoms with E-state index in [2.05, 4.69) is 18.9 Å². The normalized spacial score (nSPS) is 7.45. The van der Waals surface area contributed by atoms with Crippen LogP contribution in [0.15, 0.2) is 0 Å². The first-order valence-electron chi connectivity index (χ1n) is 14.8. The molecule has 0 spiro atoms. The van der Waals surface area contributed by atoms with Crippen LogP contribution in [0.3, 0.4) is 0 Å². The predicted molar refractivity (Wildman–Crippen MR) is 182 cm³/mol. The van der Waals surface area contributed by atoms with E-state index in [0.29, 0.717) is 39.3 Å². The number of ether oxygens (including phenoxy) is 4. The lowest BCUT2D eigenvalue weighted by Gasteiger charge is -1.89. The van der Waals surface area contributed by atoms with Crippen LogP contribution in [-0.2, 0) is 62.1 Å². The number of carbonyl (C=O) groups is 9. The first kappa shape index (κ1) is 65.8. The average molecular weight is 687 g/mol. The van der Waals surface area contributed by atoms with Crippen LogP contribution in [-0.4, -0.2) is 90.9 Å². The van der Waals surface area contributed by atoms with E-state index in [4.69, 9.17) is 5.11 Å². The van der Waals surface area contributed by atoms with Crippen LogP contribution in [0.4, 0.5) is 0 Å². The molecule has 14 nitrogen and oxygen atoms in total. The minimum atomic E-state index is -0.211. The molecule has 0 radical (unpaired) electrons. The summed E-state index contributed by atoms with van der Waals surface area (Å²) in [4.78, 5) is 87.2. The van der Waals surface area contributed by atoms with E-state index >= 15 is 0 Å². The summed E-state index contributed by atoms with van der Waals surface area (Å²) in [5.41, 5.74) is 0. The topological polar surface area (TPSA) is 211 Å². The van der Waals surface area contributed by atoms with Crippen molar-refractivity contribution in [1.29, 1.82) is 0 Å². The number of esters is 4. The van der Waals surface area contributed by atoms with Crippen LogP contribution in [0.5, 0.6) is 0 Å². The smallest absolute Gasteiger partial charge is 0.302 e. The Labute approximate surface area is 283 Å². The molecule has 0 aliphatic rings. The molecule has 0 saturated heterocycles. The molecule has 0 amide bonds. The highest BCUT2D eigenvalue weighted by atomic mass is 16.5. The third kappa shape index (κ3) is 459. The number of aliphatic hydroxyl groups is 1. The quantitative estimate of drug-likeness (QED) is 0.276. The van der Waals surface area contributed by atoms with Gasteiger partial charge in [-0.2, -0.15) is 0 Å². The molecule has 0 fully saturated rings. The van der Waals surface area contributed by atoms with Gasteiger partial charge >= 0.3 is 23.9 Å². The van der Waals surface area contributed by atoms with E-state index < -0.39 is 0 Å². The van der Waals surface area contributed by atoms with Gasteiger partial charge in [-0.1, -0.05) is 0 Å². The molecule has 0 unspecified atom stereocenters. The second kappa shape index (κ2) is 61.2. The Balaban J connectivity index is -0.0000000498. The maximum Gasteiger partial charge on any atom is 0.302 e. The Kier molecular flexibility index (Phi) is 85.7. The van der Waals surface area contributed by atoms with Crippen molar-refractivity contribution in [3.05, 3.63) is 0 Å². The molecule has 1 N–H and O–H groups in total. The zero-order valence-electron chi connectivity index (χ0n) is 32.2. The second-order valence-corrected chi connectivity index (χ2v) is 8.86. The number of Topliss-reactive ketones (excluding diaryl/α,β-unsaturated/α-hetero) is 5. The van der Waals surface area contributed by atoms with Crippen LogP contribution in [0.2, 0.25) is 0 Å². The average Bonchev–Trinajstić information content (AvgIpc) is 2.82. The lowest BCUT2D eigenvalue weighted by molar-refractivity contribution is -0.141. The Morgan fingerprint density at radius 2 is 0.532 bits per heavy atom. The van der Waals surface area contributed by atoms with Gasteiger partial charge < -0.3 is 48.0 Å². The molecule has 282 valence electrons. The van der Waals surface area contributed by atoms with Gasteiger partial charge in [-0.25, -0.2) is 0 Å². The van der Waals surface area contributed by atoms with E-state index in [1.807, 2.05) is 0 Å². The minimum Gasteiger partial charge on any atom is -0.466 e. The molecule has 0 aromatic rings. The number of ketones is 5. The van der Waals surface area contributed by atoms with Crippen molar-refractivity contribution in [1.82, 2.24) is 0 Å². The van der Waals surface area contributed by atoms with Crippen molar-refractivity contribution in [3.63, 3.8) is 0 Å². The summed E-state index contributed by atoms with van der Waals surface area (Å²) in [6, 6.07) is 0. The van der Waals surface area contributed by atoms with Crippen LogP contribution < -0.4 is 0 Å². The monoisotopic (exact) mass is 686 g/mol. The van der Waals surface area contributed by atoms with Gasteiger partial charge in [0.15, 0.2) is 0 Å². The molecule has 14 heteroatoms. The van der Waals surface area contributed by atoms with E-state index in [9.17, 15) is 43.2 Å². The number of aliphatic hydroxyl groups excluding tert-OH is 1. The summed E-state index contributed by atoms with van der Waals surface area (Å²) in [5.74, 6) is -0.0287. The van der Waals surface area contributed by atoms with E-state index in [-0.39, 0.29) is 59.4 Å². The molecule has 0 aromatic heterocycles. The molecule has 0 rings (SSSR count). The second-order valence-electron chi connectivity index (χ2n) is 8.86. The number of rotatable bonds is 7. The fourth-order valence-electron chi connectivity index (χ4n) is 1.14. The Morgan fingerprint density at radius 3 is 0.553 bits per heavy atom. The standard InChI is InChI=1S/C5H10O2.4C4H8O2.4C3H6O/c1-5(7)3-2-4-6;4*1-3-6-4(2)5;4*1-3(2)4/h6H,2-4H2,1H3;4*3H2,1-2H3;4*1-2H3. The summed E-state index contributed by atoms with van der Waals surface area (Å²) in [5, 5.41) is 8.16. The van der Waals surface area contributed by atoms with Crippen molar-refractivity contribution >= 4 is 52.8 Å². The van der Waals surface area contributed by atoms with E-state index in [1.165, 1.54) is 90.0 Å². The number of carbonyl (C=O) groups excluding carboxylic acids is 9. The SMILES string of the molecule is CC(=O)CCCO.CC(C)=O.CC(C)=O.CC(C)=O.CC(C)=O.CCOC(C)=O.CCOC(C)=O.CCOC(C)=O.CCOC(C)=O. The molecule has 0 aromatic carbocycles. The van der Waals surface area contributed by atoms with Crippen LogP contribution in [0.25, 0.3) is 0 Å². The molecule has 0 aliphatic carbocycles. The van der Waals surface area contributed by atoms with E-state index in [1.54, 1.807) is 27.7 Å². The Hall–Kier alpha value is -3.81. The maximum atomic E-state index is 10.1. The van der Waals surface area contributed by atoms with Crippen LogP contribution in [0.1, 0.15) is 131 Å². The molecular weight excluding hydrogens is 620 g/mol. The summed E-state index contributed by atoms with van der Waals surface area (Å²) in [6.07, 6.45) is 1.12. The van der Waals surface area contributed by atoms with Crippen LogP contribution in [0, 0.1) is 0 Å². The summed E-state index contributed by atoms with van der Waals surface area (Å²) >= 11 is 0. The van der Waals surface area contributed by atoms with Crippen LogP contribution >= 0.6 is 0 Å². The van der Waals surface area contributed by atoms with Crippen molar-refractivity contribution in [2.45, 2.75) is 131 Å². The molecule has 0 bridgehead atoms. The fraction of sp³-hybridized carbons (Fsp3) is 0.727. The van der Waals surface area contributed by atoms with E-state index in [0.717, 1.165) is 0 Å². The number of hydrogen-bond donors (Lipinski definition) is 1. The zero-order valence-corrected chi connectivity index (χ0v) is 32.2. The third-order valence-electron chi connectivity index (χ3n) is 2.08. The molecule has 0 aliphatic heterocycles. The third-order valence-corrected chi connectivity index (χ3v) is 2.08. The Morgan fingerprint density at radius 1 is 0.383 bits per heavy atom. The first-order valence-corrected chi connectivity index (χ1v) is 14.8. The van der Waals surface area contributed by atoms with Gasteiger partial charge in [0.1, 0.15) is 28.9 Å². The van der Waals surface area contributed by atoms with Gasteiger partial charge in [-0.15, -0.1) is 0 Å². The molecule has 0 heterocycles. The number of hydrogen-bond acceptors (Lipinski definition) is 14. The van der Waals surface area contributed by atoms with Gasteiger partial charge in [-0.3, -0.25) is 19.2 Å². The highest BCUT2D eigenvalue weighted by molar-refractivity contribution is 5.75. The van der Waals surface area contributed by atoms with Gasteiger partial charge in [0, 0.05) is 40.7 Å². The lowest BCUT2D eigenvalue weighted by atomic mass is 10.2. The molecule has 0 saturated carbocycles. The molecule has 47 heavy (non-hydrogen) atoms.